The van der Waals surface area contributed by atoms with Gasteiger partial charge >= 0.3 is 5.97 Å². The van der Waals surface area contributed by atoms with Gasteiger partial charge in [0.05, 0.1) is 19.1 Å². The third-order valence-corrected chi connectivity index (χ3v) is 2.84. The molecule has 1 unspecified atom stereocenters. The number of likely N-dealkylation sites (N-methyl/N-ethyl adjacent to an activating group) is 1. The topological polar surface area (TPSA) is 70.4 Å². The third-order valence-electron chi connectivity index (χ3n) is 2.84. The zero-order valence-corrected chi connectivity index (χ0v) is 11.7. The molecule has 1 atom stereocenters. The summed E-state index contributed by atoms with van der Waals surface area (Å²) < 4.78 is 4.80. The summed E-state index contributed by atoms with van der Waals surface area (Å²) >= 11 is 0. The number of amides is 1. The first kappa shape index (κ1) is 15.7. The van der Waals surface area contributed by atoms with E-state index in [2.05, 4.69) is 0 Å². The van der Waals surface area contributed by atoms with E-state index in [1.54, 1.807) is 38.2 Å². The second-order valence-corrected chi connectivity index (χ2v) is 4.29. The number of nitrogens with zero attached hydrogens (tertiary/aromatic N) is 2. The molecular weight excluding hydrogens is 256 g/mol. The summed E-state index contributed by atoms with van der Waals surface area (Å²) in [7, 11) is 1.58. The second kappa shape index (κ2) is 7.95. The van der Waals surface area contributed by atoms with Crippen LogP contribution in [-0.4, -0.2) is 37.0 Å². The Morgan fingerprint density at radius 2 is 2.00 bits per heavy atom. The van der Waals surface area contributed by atoms with Gasteiger partial charge in [0, 0.05) is 13.6 Å². The fourth-order valence-electron chi connectivity index (χ4n) is 1.74. The van der Waals surface area contributed by atoms with Crippen LogP contribution >= 0.6 is 0 Å². The van der Waals surface area contributed by atoms with Gasteiger partial charge in [-0.3, -0.25) is 9.59 Å². The van der Waals surface area contributed by atoms with Gasteiger partial charge < -0.3 is 9.64 Å². The molecule has 1 amide bonds. The normalized spacial score (nSPS) is 11.2. The van der Waals surface area contributed by atoms with Crippen molar-refractivity contribution >= 4 is 11.9 Å². The standard InChI is InChI=1S/C15H18N2O3/c1-3-20-14(18)9-10-17(2)15(19)13(11-16)12-7-5-4-6-8-12/h4-8,13H,3,9-10H2,1-2H3. The zero-order valence-electron chi connectivity index (χ0n) is 11.7. The smallest absolute Gasteiger partial charge is 0.307 e. The lowest BCUT2D eigenvalue weighted by molar-refractivity contribution is -0.143. The SMILES string of the molecule is CCOC(=O)CCN(C)C(=O)C(C#N)c1ccccc1. The molecule has 0 saturated heterocycles. The van der Waals surface area contributed by atoms with Gasteiger partial charge in [-0.05, 0) is 12.5 Å². The summed E-state index contributed by atoms with van der Waals surface area (Å²) in [4.78, 5) is 24.8. The van der Waals surface area contributed by atoms with Crippen LogP contribution in [0.5, 0.6) is 0 Å². The number of ether oxygens (including phenoxy) is 1. The molecule has 20 heavy (non-hydrogen) atoms. The van der Waals surface area contributed by atoms with Crippen molar-refractivity contribution in [2.45, 2.75) is 19.3 Å². The molecule has 1 aromatic carbocycles. The molecule has 5 heteroatoms. The molecule has 0 aliphatic heterocycles. The molecule has 0 saturated carbocycles. The minimum Gasteiger partial charge on any atom is -0.466 e. The fourth-order valence-corrected chi connectivity index (χ4v) is 1.74. The quantitative estimate of drug-likeness (QED) is 0.740. The van der Waals surface area contributed by atoms with Gasteiger partial charge in [0.15, 0.2) is 0 Å². The monoisotopic (exact) mass is 274 g/mol. The van der Waals surface area contributed by atoms with Crippen molar-refractivity contribution < 1.29 is 14.3 Å². The number of carbonyl (C=O) groups is 2. The van der Waals surface area contributed by atoms with Crippen molar-refractivity contribution in [2.24, 2.45) is 0 Å². The van der Waals surface area contributed by atoms with Crippen molar-refractivity contribution in [1.82, 2.24) is 4.90 Å². The minimum absolute atomic E-state index is 0.128. The van der Waals surface area contributed by atoms with E-state index >= 15 is 0 Å². The number of rotatable bonds is 6. The van der Waals surface area contributed by atoms with Gasteiger partial charge in [-0.15, -0.1) is 0 Å². The maximum atomic E-state index is 12.2. The van der Waals surface area contributed by atoms with Crippen molar-refractivity contribution in [2.75, 3.05) is 20.2 Å². The lowest BCUT2D eigenvalue weighted by atomic mass is 9.99. The van der Waals surface area contributed by atoms with Crippen LogP contribution in [0.2, 0.25) is 0 Å². The highest BCUT2D eigenvalue weighted by molar-refractivity contribution is 5.86. The Balaban J connectivity index is 2.63. The van der Waals surface area contributed by atoms with E-state index in [0.29, 0.717) is 12.2 Å². The van der Waals surface area contributed by atoms with E-state index in [1.165, 1.54) is 4.90 Å². The minimum atomic E-state index is -0.844. The van der Waals surface area contributed by atoms with Gasteiger partial charge in [0.1, 0.15) is 5.92 Å². The second-order valence-electron chi connectivity index (χ2n) is 4.29. The van der Waals surface area contributed by atoms with Crippen LogP contribution in [0.25, 0.3) is 0 Å². The summed E-state index contributed by atoms with van der Waals surface area (Å²) in [5, 5.41) is 9.17. The van der Waals surface area contributed by atoms with Crippen LogP contribution in [0.1, 0.15) is 24.8 Å². The molecule has 1 aromatic rings. The van der Waals surface area contributed by atoms with Crippen molar-refractivity contribution in [3.8, 4) is 6.07 Å². The number of carbonyl (C=O) groups excluding carboxylic acids is 2. The highest BCUT2D eigenvalue weighted by Crippen LogP contribution is 2.17. The summed E-state index contributed by atoms with van der Waals surface area (Å²) in [5.74, 6) is -1.51. The first-order chi connectivity index (χ1) is 9.60. The lowest BCUT2D eigenvalue weighted by Gasteiger charge is -2.19. The molecular formula is C15H18N2O3. The molecule has 106 valence electrons. The molecule has 0 aliphatic rings. The molecule has 1 rings (SSSR count). The average Bonchev–Trinajstić information content (AvgIpc) is 2.47. The van der Waals surface area contributed by atoms with E-state index in [4.69, 9.17) is 4.74 Å². The van der Waals surface area contributed by atoms with Crippen molar-refractivity contribution in [1.29, 1.82) is 5.26 Å². The molecule has 0 radical (unpaired) electrons. The predicted molar refractivity (Wildman–Crippen MR) is 73.7 cm³/mol. The van der Waals surface area contributed by atoms with Crippen LogP contribution in [0, 0.1) is 11.3 Å². The molecule has 5 nitrogen and oxygen atoms in total. The van der Waals surface area contributed by atoms with E-state index in [0.717, 1.165) is 0 Å². The Morgan fingerprint density at radius 3 is 2.55 bits per heavy atom. The Labute approximate surface area is 118 Å². The summed E-state index contributed by atoms with van der Waals surface area (Å²) in [6.45, 7) is 2.29. The Bertz CT molecular complexity index is 494. The van der Waals surface area contributed by atoms with Gasteiger partial charge in [-0.2, -0.15) is 5.26 Å². The molecule has 0 aliphatic carbocycles. The first-order valence-electron chi connectivity index (χ1n) is 6.45. The fraction of sp³-hybridized carbons (Fsp3) is 0.400. The summed E-state index contributed by atoms with van der Waals surface area (Å²) in [6, 6.07) is 10.9. The maximum absolute atomic E-state index is 12.2. The average molecular weight is 274 g/mol. The van der Waals surface area contributed by atoms with Gasteiger partial charge in [0.25, 0.3) is 0 Å². The van der Waals surface area contributed by atoms with E-state index < -0.39 is 5.92 Å². The molecule has 0 aromatic heterocycles. The Kier molecular flexibility index (Phi) is 6.24. The van der Waals surface area contributed by atoms with Crippen molar-refractivity contribution in [3.63, 3.8) is 0 Å². The number of nitriles is 1. The maximum Gasteiger partial charge on any atom is 0.307 e. The first-order valence-corrected chi connectivity index (χ1v) is 6.45. The lowest BCUT2D eigenvalue weighted by Crippen LogP contribution is -2.33. The molecule has 0 spiro atoms. The summed E-state index contributed by atoms with van der Waals surface area (Å²) in [6.07, 6.45) is 0.128. The largest absolute Gasteiger partial charge is 0.466 e. The van der Waals surface area contributed by atoms with Crippen molar-refractivity contribution in [3.05, 3.63) is 35.9 Å². The van der Waals surface area contributed by atoms with Crippen LogP contribution in [-0.2, 0) is 14.3 Å². The predicted octanol–water partition coefficient (Wildman–Crippen LogP) is 1.71. The van der Waals surface area contributed by atoms with Gasteiger partial charge in [-0.25, -0.2) is 0 Å². The molecule has 0 N–H and O–H groups in total. The zero-order chi connectivity index (χ0) is 15.0. The number of hydrogen-bond donors (Lipinski definition) is 0. The van der Waals surface area contributed by atoms with E-state index in [1.807, 2.05) is 12.1 Å². The van der Waals surface area contributed by atoms with Crippen LogP contribution < -0.4 is 0 Å². The Morgan fingerprint density at radius 1 is 1.35 bits per heavy atom. The van der Waals surface area contributed by atoms with Crippen LogP contribution in [0.15, 0.2) is 30.3 Å². The molecule has 0 bridgehead atoms. The van der Waals surface area contributed by atoms with Gasteiger partial charge in [0.2, 0.25) is 5.91 Å². The number of benzene rings is 1. The summed E-state index contributed by atoms with van der Waals surface area (Å²) in [5.41, 5.74) is 0.656. The van der Waals surface area contributed by atoms with Gasteiger partial charge in [-0.1, -0.05) is 30.3 Å². The molecule has 0 heterocycles. The van der Waals surface area contributed by atoms with E-state index in [-0.39, 0.29) is 24.8 Å². The van der Waals surface area contributed by atoms with Crippen LogP contribution in [0.3, 0.4) is 0 Å². The van der Waals surface area contributed by atoms with E-state index in [9.17, 15) is 14.9 Å². The highest BCUT2D eigenvalue weighted by Gasteiger charge is 2.23. The Hall–Kier alpha value is -2.35. The third kappa shape index (κ3) is 4.39. The number of esters is 1. The highest BCUT2D eigenvalue weighted by atomic mass is 16.5. The number of hydrogen-bond acceptors (Lipinski definition) is 4. The molecule has 0 fully saturated rings. The van der Waals surface area contributed by atoms with Crippen LogP contribution in [0.4, 0.5) is 0 Å².